The zero-order valence-electron chi connectivity index (χ0n) is 16.0. The van der Waals surface area contributed by atoms with Crippen molar-refractivity contribution in [3.8, 4) is 5.75 Å². The van der Waals surface area contributed by atoms with Crippen LogP contribution < -0.4 is 15.4 Å². The van der Waals surface area contributed by atoms with Crippen LogP contribution in [-0.2, 0) is 4.79 Å². The number of carbonyl (C=O) groups is 2. The smallest absolute Gasteiger partial charge is 0.262 e. The maximum atomic E-state index is 13.0. The van der Waals surface area contributed by atoms with Crippen molar-refractivity contribution in [2.75, 3.05) is 12.4 Å². The van der Waals surface area contributed by atoms with Gasteiger partial charge in [-0.05, 0) is 48.9 Å². The molecule has 0 spiro atoms. The highest BCUT2D eigenvalue weighted by Gasteiger charge is 2.24. The third kappa shape index (κ3) is 4.89. The van der Waals surface area contributed by atoms with Crippen LogP contribution in [0.15, 0.2) is 59.5 Å². The summed E-state index contributed by atoms with van der Waals surface area (Å²) in [6.07, 6.45) is 8.64. The van der Waals surface area contributed by atoms with E-state index in [-0.39, 0.29) is 11.8 Å². The molecule has 6 heteroatoms. The first-order valence-corrected chi connectivity index (χ1v) is 10.1. The second kappa shape index (κ2) is 9.37. The van der Waals surface area contributed by atoms with Crippen molar-refractivity contribution in [2.24, 2.45) is 0 Å². The molecule has 0 fully saturated rings. The quantitative estimate of drug-likeness (QED) is 0.726. The molecule has 1 aromatic heterocycles. The SMILES string of the molecule is COc1cccc(NC(=O)C(CC2=CCCC=C2)NC(=O)c2cccs2)c1C. The Bertz CT molecular complexity index is 901. The van der Waals surface area contributed by atoms with E-state index in [1.807, 2.05) is 42.6 Å². The van der Waals surface area contributed by atoms with E-state index in [2.05, 4.69) is 22.8 Å². The van der Waals surface area contributed by atoms with Crippen LogP contribution in [-0.4, -0.2) is 25.0 Å². The molecular weight excluding hydrogens is 372 g/mol. The molecule has 2 aromatic rings. The van der Waals surface area contributed by atoms with Crippen molar-refractivity contribution in [1.29, 1.82) is 0 Å². The summed E-state index contributed by atoms with van der Waals surface area (Å²) in [5, 5.41) is 7.68. The van der Waals surface area contributed by atoms with E-state index in [1.165, 1.54) is 11.3 Å². The molecule has 28 heavy (non-hydrogen) atoms. The third-order valence-electron chi connectivity index (χ3n) is 4.64. The normalized spacial score (nSPS) is 14.1. The van der Waals surface area contributed by atoms with E-state index in [9.17, 15) is 9.59 Å². The number of thiophene rings is 1. The second-order valence-corrected chi connectivity index (χ2v) is 7.54. The zero-order valence-corrected chi connectivity index (χ0v) is 16.8. The van der Waals surface area contributed by atoms with E-state index >= 15 is 0 Å². The molecule has 2 N–H and O–H groups in total. The molecule has 1 aliphatic rings. The Kier molecular flexibility index (Phi) is 6.66. The zero-order chi connectivity index (χ0) is 19.9. The van der Waals surface area contributed by atoms with Crippen LogP contribution in [0.4, 0.5) is 5.69 Å². The largest absolute Gasteiger partial charge is 0.496 e. The van der Waals surface area contributed by atoms with Crippen LogP contribution in [0, 0.1) is 6.92 Å². The van der Waals surface area contributed by atoms with Gasteiger partial charge >= 0.3 is 0 Å². The predicted octanol–water partition coefficient (Wildman–Crippen LogP) is 4.47. The summed E-state index contributed by atoms with van der Waals surface area (Å²) in [7, 11) is 1.60. The van der Waals surface area contributed by atoms with Crippen LogP contribution in [0.1, 0.15) is 34.5 Å². The number of methoxy groups -OCH3 is 1. The second-order valence-electron chi connectivity index (χ2n) is 6.59. The third-order valence-corrected chi connectivity index (χ3v) is 5.51. The van der Waals surface area contributed by atoms with E-state index < -0.39 is 6.04 Å². The van der Waals surface area contributed by atoms with Crippen molar-refractivity contribution in [1.82, 2.24) is 5.32 Å². The first-order valence-electron chi connectivity index (χ1n) is 9.23. The summed E-state index contributed by atoms with van der Waals surface area (Å²) in [6, 6.07) is 8.40. The van der Waals surface area contributed by atoms with Gasteiger partial charge in [0, 0.05) is 17.7 Å². The van der Waals surface area contributed by atoms with Gasteiger partial charge in [-0.15, -0.1) is 11.3 Å². The van der Waals surface area contributed by atoms with Crippen LogP contribution in [0.3, 0.4) is 0 Å². The molecule has 1 aliphatic carbocycles. The van der Waals surface area contributed by atoms with Gasteiger partial charge in [-0.25, -0.2) is 0 Å². The van der Waals surface area contributed by atoms with Crippen molar-refractivity contribution in [3.63, 3.8) is 0 Å². The molecule has 3 rings (SSSR count). The Balaban J connectivity index is 1.78. The lowest BCUT2D eigenvalue weighted by atomic mass is 9.99. The highest BCUT2D eigenvalue weighted by atomic mass is 32.1. The summed E-state index contributed by atoms with van der Waals surface area (Å²) in [5.74, 6) is 0.217. The fourth-order valence-corrected chi connectivity index (χ4v) is 3.72. The minimum atomic E-state index is -0.672. The maximum Gasteiger partial charge on any atom is 0.262 e. The molecule has 0 saturated carbocycles. The van der Waals surface area contributed by atoms with Crippen molar-refractivity contribution < 1.29 is 14.3 Å². The Morgan fingerprint density at radius 1 is 1.21 bits per heavy atom. The summed E-state index contributed by atoms with van der Waals surface area (Å²) in [5.41, 5.74) is 2.58. The molecule has 1 atom stereocenters. The minimum absolute atomic E-state index is 0.238. The van der Waals surface area contributed by atoms with Gasteiger partial charge < -0.3 is 15.4 Å². The summed E-state index contributed by atoms with van der Waals surface area (Å²) < 4.78 is 5.32. The number of carbonyl (C=O) groups excluding carboxylic acids is 2. The lowest BCUT2D eigenvalue weighted by molar-refractivity contribution is -0.117. The fraction of sp³-hybridized carbons (Fsp3) is 0.273. The van der Waals surface area contributed by atoms with Gasteiger partial charge in [-0.3, -0.25) is 9.59 Å². The van der Waals surface area contributed by atoms with E-state index in [4.69, 9.17) is 4.74 Å². The van der Waals surface area contributed by atoms with Crippen LogP contribution in [0.5, 0.6) is 5.75 Å². The van der Waals surface area contributed by atoms with E-state index in [0.717, 1.165) is 24.0 Å². The highest BCUT2D eigenvalue weighted by Crippen LogP contribution is 2.25. The lowest BCUT2D eigenvalue weighted by Gasteiger charge is -2.20. The van der Waals surface area contributed by atoms with Gasteiger partial charge in [0.1, 0.15) is 11.8 Å². The first-order chi connectivity index (χ1) is 13.6. The number of hydrogen-bond acceptors (Lipinski definition) is 4. The number of rotatable bonds is 7. The van der Waals surface area contributed by atoms with Gasteiger partial charge in [0.2, 0.25) is 5.91 Å². The molecule has 5 nitrogen and oxygen atoms in total. The van der Waals surface area contributed by atoms with Gasteiger partial charge in [-0.2, -0.15) is 0 Å². The fourth-order valence-electron chi connectivity index (χ4n) is 3.09. The summed E-state index contributed by atoms with van der Waals surface area (Å²) in [6.45, 7) is 1.89. The van der Waals surface area contributed by atoms with Gasteiger partial charge in [0.05, 0.1) is 12.0 Å². The number of amides is 2. The molecule has 1 heterocycles. The maximum absolute atomic E-state index is 13.0. The molecule has 2 amide bonds. The lowest BCUT2D eigenvalue weighted by Crippen LogP contribution is -2.44. The van der Waals surface area contributed by atoms with E-state index in [1.54, 1.807) is 13.2 Å². The Morgan fingerprint density at radius 2 is 2.07 bits per heavy atom. The van der Waals surface area contributed by atoms with Gasteiger partial charge in [0.15, 0.2) is 0 Å². The number of hydrogen-bond donors (Lipinski definition) is 2. The molecule has 1 aromatic carbocycles. The number of anilines is 1. The predicted molar refractivity (Wildman–Crippen MR) is 113 cm³/mol. The highest BCUT2D eigenvalue weighted by molar-refractivity contribution is 7.12. The monoisotopic (exact) mass is 396 g/mol. The molecule has 1 unspecified atom stereocenters. The molecular formula is C22H24N2O3S. The van der Waals surface area contributed by atoms with Crippen molar-refractivity contribution in [3.05, 3.63) is 70.0 Å². The molecule has 146 valence electrons. The summed E-state index contributed by atoms with van der Waals surface area (Å²) >= 11 is 1.35. The Hall–Kier alpha value is -2.86. The van der Waals surface area contributed by atoms with Crippen LogP contribution >= 0.6 is 11.3 Å². The molecule has 0 bridgehead atoms. The first kappa shape index (κ1) is 19.9. The average molecular weight is 397 g/mol. The number of benzene rings is 1. The number of allylic oxidation sites excluding steroid dienone is 3. The summed E-state index contributed by atoms with van der Waals surface area (Å²) in [4.78, 5) is 26.2. The standard InChI is InChI=1S/C22H24N2O3S/c1-15-17(10-6-11-19(15)27-2)23-21(25)18(14-16-8-4-3-5-9-16)24-22(26)20-12-7-13-28-20/h4,6-13,18H,3,5,14H2,1-2H3,(H,23,25)(H,24,26). The Labute approximate surface area is 169 Å². The van der Waals surface area contributed by atoms with Crippen LogP contribution in [0.25, 0.3) is 0 Å². The van der Waals surface area contributed by atoms with E-state index in [0.29, 0.717) is 22.7 Å². The van der Waals surface area contributed by atoms with Gasteiger partial charge in [0.25, 0.3) is 5.91 Å². The average Bonchev–Trinajstić information content (AvgIpc) is 3.25. The Morgan fingerprint density at radius 3 is 2.75 bits per heavy atom. The molecule has 0 aliphatic heterocycles. The number of nitrogens with one attached hydrogen (secondary N) is 2. The molecule has 0 saturated heterocycles. The number of ether oxygens (including phenoxy) is 1. The minimum Gasteiger partial charge on any atom is -0.496 e. The van der Waals surface area contributed by atoms with Crippen molar-refractivity contribution >= 4 is 28.8 Å². The topological polar surface area (TPSA) is 67.4 Å². The van der Waals surface area contributed by atoms with Crippen LogP contribution in [0.2, 0.25) is 0 Å². The van der Waals surface area contributed by atoms with Gasteiger partial charge in [-0.1, -0.05) is 30.4 Å². The van der Waals surface area contributed by atoms with Crippen molar-refractivity contribution in [2.45, 2.75) is 32.2 Å². The molecule has 0 radical (unpaired) electrons.